The minimum absolute atomic E-state index is 0.0802. The average Bonchev–Trinajstić information content (AvgIpc) is 3.29. The summed E-state index contributed by atoms with van der Waals surface area (Å²) in [6.07, 6.45) is 6.13. The van der Waals surface area contributed by atoms with Crippen LogP contribution in [0.3, 0.4) is 0 Å². The van der Waals surface area contributed by atoms with Crippen LogP contribution >= 0.6 is 0 Å². The summed E-state index contributed by atoms with van der Waals surface area (Å²) >= 11 is 0. The zero-order valence-electron chi connectivity index (χ0n) is 17.8. The van der Waals surface area contributed by atoms with Crippen molar-refractivity contribution in [2.45, 2.75) is 16.2 Å². The van der Waals surface area contributed by atoms with Gasteiger partial charge in [-0.3, -0.25) is 0 Å². The molecule has 0 amide bonds. The highest BCUT2D eigenvalue weighted by molar-refractivity contribution is 7.89. The smallest absolute Gasteiger partial charge is 0.243 e. The number of fused-ring (bicyclic) bond motifs is 1. The van der Waals surface area contributed by atoms with Gasteiger partial charge < -0.3 is 9.72 Å². The minimum Gasteiger partial charge on any atom is -0.379 e. The summed E-state index contributed by atoms with van der Waals surface area (Å²) in [6.45, 7) is 1.87. The Hall–Kier alpha value is -2.57. The molecule has 3 aromatic rings. The number of rotatable bonds is 5. The summed E-state index contributed by atoms with van der Waals surface area (Å²) in [7, 11) is -7.42. The van der Waals surface area contributed by atoms with Crippen LogP contribution in [0.2, 0.25) is 0 Å². The second-order valence-corrected chi connectivity index (χ2v) is 11.8. The van der Waals surface area contributed by atoms with E-state index < -0.39 is 20.0 Å². The Morgan fingerprint density at radius 1 is 0.879 bits per heavy atom. The van der Waals surface area contributed by atoms with Gasteiger partial charge >= 0.3 is 0 Å². The number of hydrogen-bond acceptors (Lipinski definition) is 6. The maximum Gasteiger partial charge on any atom is 0.243 e. The van der Waals surface area contributed by atoms with Crippen LogP contribution in [0, 0.1) is 0 Å². The predicted molar refractivity (Wildman–Crippen MR) is 123 cm³/mol. The van der Waals surface area contributed by atoms with Crippen LogP contribution in [0.15, 0.2) is 64.7 Å². The van der Waals surface area contributed by atoms with Gasteiger partial charge in [-0.15, -0.1) is 0 Å². The van der Waals surface area contributed by atoms with Crippen LogP contribution in [0.4, 0.5) is 0 Å². The highest BCUT2D eigenvalue weighted by Crippen LogP contribution is 2.30. The van der Waals surface area contributed by atoms with Gasteiger partial charge in [-0.25, -0.2) is 21.8 Å². The van der Waals surface area contributed by atoms with Gasteiger partial charge in [0.15, 0.2) is 0 Å². The summed E-state index contributed by atoms with van der Waals surface area (Å²) in [6, 6.07) is 9.33. The van der Waals surface area contributed by atoms with Crippen molar-refractivity contribution in [2.24, 2.45) is 0 Å². The van der Waals surface area contributed by atoms with Gasteiger partial charge in [0.05, 0.1) is 23.0 Å². The number of sulfonamides is 2. The van der Waals surface area contributed by atoms with Crippen LogP contribution in [-0.4, -0.2) is 74.8 Å². The number of pyridine rings is 1. The van der Waals surface area contributed by atoms with Crippen molar-refractivity contribution in [3.8, 4) is 0 Å². The summed E-state index contributed by atoms with van der Waals surface area (Å²) in [4.78, 5) is 7.61. The molecular weight excluding hydrogens is 464 g/mol. The topological polar surface area (TPSA) is 113 Å². The van der Waals surface area contributed by atoms with E-state index in [2.05, 4.69) is 9.97 Å². The molecule has 1 N–H and O–H groups in total. The second-order valence-electron chi connectivity index (χ2n) is 7.93. The number of benzene rings is 1. The Balaban J connectivity index is 1.34. The molecule has 11 heteroatoms. The third kappa shape index (κ3) is 4.11. The van der Waals surface area contributed by atoms with E-state index in [1.165, 1.54) is 32.9 Å². The highest BCUT2D eigenvalue weighted by Gasteiger charge is 2.29. The van der Waals surface area contributed by atoms with Gasteiger partial charge in [-0.2, -0.15) is 8.61 Å². The van der Waals surface area contributed by atoms with E-state index in [0.717, 1.165) is 22.2 Å². The molecule has 2 aromatic heterocycles. The Kier molecular flexibility index (Phi) is 5.83. The van der Waals surface area contributed by atoms with Crippen LogP contribution in [0.25, 0.3) is 16.6 Å². The van der Waals surface area contributed by atoms with Gasteiger partial charge in [-0.1, -0.05) is 6.08 Å². The molecule has 0 bridgehead atoms. The number of H-pyrrole nitrogens is 1. The normalized spacial score (nSPS) is 19.0. The van der Waals surface area contributed by atoms with E-state index in [-0.39, 0.29) is 29.4 Å². The first-order valence-electron chi connectivity index (χ1n) is 10.7. The Morgan fingerprint density at radius 2 is 1.55 bits per heavy atom. The molecule has 33 heavy (non-hydrogen) atoms. The molecule has 0 radical (unpaired) electrons. The number of ether oxygens (including phenoxy) is 1. The molecule has 9 nitrogen and oxygen atoms in total. The number of aromatic nitrogens is 2. The van der Waals surface area contributed by atoms with Crippen LogP contribution in [0.5, 0.6) is 0 Å². The van der Waals surface area contributed by atoms with E-state index in [1.54, 1.807) is 6.20 Å². The molecule has 5 rings (SSSR count). The second kappa shape index (κ2) is 8.65. The third-order valence-electron chi connectivity index (χ3n) is 6.04. The van der Waals surface area contributed by atoms with Crippen molar-refractivity contribution in [1.82, 2.24) is 18.6 Å². The number of nitrogens with one attached hydrogen (secondary N) is 1. The lowest BCUT2D eigenvalue weighted by Crippen LogP contribution is -2.40. The maximum atomic E-state index is 13.2. The molecule has 1 saturated heterocycles. The first kappa shape index (κ1) is 22.2. The molecule has 0 atom stereocenters. The van der Waals surface area contributed by atoms with Gasteiger partial charge in [0.1, 0.15) is 5.65 Å². The SMILES string of the molecule is O=S(=O)(c1ccc(S(=O)(=O)N2CCOCC2)cc1)N1CC=C(c2c[nH]c3ncccc23)CC1. The highest BCUT2D eigenvalue weighted by atomic mass is 32.2. The fourth-order valence-electron chi connectivity index (χ4n) is 4.20. The first-order valence-corrected chi connectivity index (χ1v) is 13.5. The zero-order chi connectivity index (χ0) is 23.1. The fraction of sp³-hybridized carbons (Fsp3) is 0.318. The predicted octanol–water partition coefficient (Wildman–Crippen LogP) is 2.06. The fourth-order valence-corrected chi connectivity index (χ4v) is 6.99. The van der Waals surface area contributed by atoms with Crippen molar-refractivity contribution in [2.75, 3.05) is 39.4 Å². The van der Waals surface area contributed by atoms with Gasteiger partial charge in [0.25, 0.3) is 0 Å². The molecular formula is C22H24N4O5S2. The monoisotopic (exact) mass is 488 g/mol. The van der Waals surface area contributed by atoms with Gasteiger partial charge in [0.2, 0.25) is 20.0 Å². The van der Waals surface area contributed by atoms with Crippen LogP contribution < -0.4 is 0 Å². The van der Waals surface area contributed by atoms with Gasteiger partial charge in [0, 0.05) is 49.5 Å². The zero-order valence-corrected chi connectivity index (χ0v) is 19.5. The molecule has 1 fully saturated rings. The van der Waals surface area contributed by atoms with E-state index in [1.807, 2.05) is 24.4 Å². The standard InChI is InChI=1S/C22H24N4O5S2/c27-32(28,18-3-5-19(6-4-18)33(29,30)26-12-14-31-15-13-26)25-10-7-17(8-11-25)21-16-24-22-20(21)2-1-9-23-22/h1-7,9,16H,8,10-15H2,(H,23,24). The summed E-state index contributed by atoms with van der Waals surface area (Å²) < 4.78 is 59.9. The minimum atomic E-state index is -3.74. The molecule has 0 spiro atoms. The lowest BCUT2D eigenvalue weighted by molar-refractivity contribution is 0.0730. The van der Waals surface area contributed by atoms with Crippen molar-refractivity contribution in [3.05, 3.63) is 60.4 Å². The van der Waals surface area contributed by atoms with Crippen molar-refractivity contribution >= 4 is 36.7 Å². The Bertz CT molecular complexity index is 1410. The molecule has 0 unspecified atom stereocenters. The van der Waals surface area contributed by atoms with Crippen molar-refractivity contribution in [3.63, 3.8) is 0 Å². The summed E-state index contributed by atoms with van der Waals surface area (Å²) in [5, 5.41) is 1.01. The molecule has 174 valence electrons. The van der Waals surface area contributed by atoms with Crippen LogP contribution in [0.1, 0.15) is 12.0 Å². The van der Waals surface area contributed by atoms with Gasteiger partial charge in [-0.05, 0) is 48.4 Å². The molecule has 2 aliphatic heterocycles. The Labute approximate surface area is 192 Å². The molecule has 0 saturated carbocycles. The van der Waals surface area contributed by atoms with Crippen molar-refractivity contribution < 1.29 is 21.6 Å². The molecule has 1 aromatic carbocycles. The molecule has 2 aliphatic rings. The molecule has 0 aliphatic carbocycles. The number of hydrogen-bond donors (Lipinski definition) is 1. The summed E-state index contributed by atoms with van der Waals surface area (Å²) in [5.41, 5.74) is 2.91. The van der Waals surface area contributed by atoms with Crippen molar-refractivity contribution in [1.29, 1.82) is 0 Å². The maximum absolute atomic E-state index is 13.2. The van der Waals surface area contributed by atoms with E-state index in [4.69, 9.17) is 4.74 Å². The molecule has 4 heterocycles. The van der Waals surface area contributed by atoms with Crippen LogP contribution in [-0.2, 0) is 24.8 Å². The lowest BCUT2D eigenvalue weighted by atomic mass is 10.0. The number of nitrogens with zero attached hydrogens (tertiary/aromatic N) is 3. The quantitative estimate of drug-likeness (QED) is 0.588. The lowest BCUT2D eigenvalue weighted by Gasteiger charge is -2.27. The third-order valence-corrected chi connectivity index (χ3v) is 9.83. The number of aromatic amines is 1. The largest absolute Gasteiger partial charge is 0.379 e. The summed E-state index contributed by atoms with van der Waals surface area (Å²) in [5.74, 6) is 0. The van der Waals surface area contributed by atoms with E-state index >= 15 is 0 Å². The first-order chi connectivity index (χ1) is 15.9. The number of morpholine rings is 1. The average molecular weight is 489 g/mol. The van der Waals surface area contributed by atoms with E-state index in [9.17, 15) is 16.8 Å². The Morgan fingerprint density at radius 3 is 2.18 bits per heavy atom. The van der Waals surface area contributed by atoms with E-state index in [0.29, 0.717) is 26.2 Å².